The first-order valence-electron chi connectivity index (χ1n) is 6.31. The molecule has 0 radical (unpaired) electrons. The van der Waals surface area contributed by atoms with Crippen molar-refractivity contribution in [1.29, 1.82) is 0 Å². The molecule has 3 heteroatoms. The van der Waals surface area contributed by atoms with Crippen molar-refractivity contribution in [2.24, 2.45) is 0 Å². The van der Waals surface area contributed by atoms with Crippen molar-refractivity contribution in [2.45, 2.75) is 49.9 Å². The minimum Gasteiger partial charge on any atom is -0.313 e. The van der Waals surface area contributed by atoms with Gasteiger partial charge in [-0.05, 0) is 52.0 Å². The van der Waals surface area contributed by atoms with Crippen LogP contribution in [0.1, 0.15) is 32.6 Å². The predicted molar refractivity (Wildman–Crippen MR) is 68.6 cm³/mol. The largest absolute Gasteiger partial charge is 0.313 e. The van der Waals surface area contributed by atoms with Crippen LogP contribution in [0.25, 0.3) is 0 Å². The van der Waals surface area contributed by atoms with E-state index in [1.807, 2.05) is 0 Å². The number of hydrogen-bond acceptors (Lipinski definition) is 3. The van der Waals surface area contributed by atoms with Crippen LogP contribution < -0.4 is 5.32 Å². The SMILES string of the molecule is CC1CC(NCC2CCCS2)CCN1C. The maximum Gasteiger partial charge on any atom is 0.0172 e. The van der Waals surface area contributed by atoms with Gasteiger partial charge in [-0.2, -0.15) is 11.8 Å². The van der Waals surface area contributed by atoms with E-state index in [0.717, 1.165) is 17.3 Å². The Morgan fingerprint density at radius 2 is 2.27 bits per heavy atom. The van der Waals surface area contributed by atoms with Gasteiger partial charge in [0.15, 0.2) is 0 Å². The average molecular weight is 228 g/mol. The van der Waals surface area contributed by atoms with Crippen LogP contribution in [0.5, 0.6) is 0 Å². The van der Waals surface area contributed by atoms with Crippen LogP contribution in [0.4, 0.5) is 0 Å². The normalized spacial score (nSPS) is 38.4. The van der Waals surface area contributed by atoms with Crippen molar-refractivity contribution in [2.75, 3.05) is 25.9 Å². The molecule has 0 aromatic rings. The highest BCUT2D eigenvalue weighted by Crippen LogP contribution is 2.25. The first kappa shape index (κ1) is 11.7. The highest BCUT2D eigenvalue weighted by molar-refractivity contribution is 8.00. The minimum atomic E-state index is 0.757. The summed E-state index contributed by atoms with van der Waals surface area (Å²) < 4.78 is 0. The lowest BCUT2D eigenvalue weighted by Crippen LogP contribution is -2.46. The molecule has 2 heterocycles. The monoisotopic (exact) mass is 228 g/mol. The maximum atomic E-state index is 3.77. The molecule has 0 aromatic carbocycles. The Bertz CT molecular complexity index is 192. The van der Waals surface area contributed by atoms with Gasteiger partial charge in [-0.25, -0.2) is 0 Å². The molecule has 2 aliphatic heterocycles. The number of nitrogens with zero attached hydrogens (tertiary/aromatic N) is 1. The Kier molecular flexibility index (Phi) is 4.35. The summed E-state index contributed by atoms with van der Waals surface area (Å²) in [6.07, 6.45) is 5.52. The van der Waals surface area contributed by atoms with Crippen molar-refractivity contribution in [3.8, 4) is 0 Å². The Balaban J connectivity index is 1.66. The van der Waals surface area contributed by atoms with E-state index in [9.17, 15) is 0 Å². The minimum absolute atomic E-state index is 0.757. The van der Waals surface area contributed by atoms with Crippen LogP contribution in [0.2, 0.25) is 0 Å². The summed E-state index contributed by atoms with van der Waals surface area (Å²) >= 11 is 2.16. The predicted octanol–water partition coefficient (Wildman–Crippen LogP) is 1.95. The van der Waals surface area contributed by atoms with E-state index in [1.54, 1.807) is 0 Å². The lowest BCUT2D eigenvalue weighted by molar-refractivity contribution is 0.169. The van der Waals surface area contributed by atoms with Gasteiger partial charge in [-0.1, -0.05) is 0 Å². The van der Waals surface area contributed by atoms with Gasteiger partial charge < -0.3 is 10.2 Å². The van der Waals surface area contributed by atoms with Crippen molar-refractivity contribution >= 4 is 11.8 Å². The molecule has 0 aliphatic carbocycles. The first-order valence-corrected chi connectivity index (χ1v) is 7.36. The summed E-state index contributed by atoms with van der Waals surface area (Å²) in [4.78, 5) is 2.47. The van der Waals surface area contributed by atoms with Gasteiger partial charge in [0.2, 0.25) is 0 Å². The van der Waals surface area contributed by atoms with E-state index < -0.39 is 0 Å². The lowest BCUT2D eigenvalue weighted by atomic mass is 9.99. The quantitative estimate of drug-likeness (QED) is 0.795. The molecule has 0 spiro atoms. The van der Waals surface area contributed by atoms with E-state index in [0.29, 0.717) is 0 Å². The molecular formula is C12H24N2S. The molecule has 1 N–H and O–H groups in total. The molecule has 3 atom stereocenters. The topological polar surface area (TPSA) is 15.3 Å². The highest BCUT2D eigenvalue weighted by atomic mass is 32.2. The molecule has 0 saturated carbocycles. The number of thioether (sulfide) groups is 1. The summed E-state index contributed by atoms with van der Waals surface area (Å²) in [5, 5.41) is 4.67. The van der Waals surface area contributed by atoms with E-state index >= 15 is 0 Å². The van der Waals surface area contributed by atoms with Crippen LogP contribution in [-0.4, -0.2) is 48.1 Å². The zero-order valence-electron chi connectivity index (χ0n) is 10.0. The van der Waals surface area contributed by atoms with E-state index in [2.05, 4.69) is 35.9 Å². The molecule has 2 aliphatic rings. The fourth-order valence-corrected chi connectivity index (χ4v) is 3.79. The lowest BCUT2D eigenvalue weighted by Gasteiger charge is -2.35. The Hall–Kier alpha value is 0.270. The third-order valence-corrected chi connectivity index (χ3v) is 5.26. The standard InChI is InChI=1S/C12H24N2S/c1-10-8-11(5-6-14(10)2)13-9-12-4-3-7-15-12/h10-13H,3-9H2,1-2H3. The van der Waals surface area contributed by atoms with Crippen molar-refractivity contribution in [3.05, 3.63) is 0 Å². The van der Waals surface area contributed by atoms with Gasteiger partial charge in [0.25, 0.3) is 0 Å². The molecule has 2 nitrogen and oxygen atoms in total. The van der Waals surface area contributed by atoms with Gasteiger partial charge >= 0.3 is 0 Å². The number of likely N-dealkylation sites (tertiary alicyclic amines) is 1. The first-order chi connectivity index (χ1) is 7.25. The Morgan fingerprint density at radius 1 is 1.40 bits per heavy atom. The third-order valence-electron chi connectivity index (χ3n) is 3.87. The van der Waals surface area contributed by atoms with Gasteiger partial charge in [-0.3, -0.25) is 0 Å². The van der Waals surface area contributed by atoms with Crippen LogP contribution in [0.3, 0.4) is 0 Å². The summed E-state index contributed by atoms with van der Waals surface area (Å²) in [6, 6.07) is 1.53. The highest BCUT2D eigenvalue weighted by Gasteiger charge is 2.23. The van der Waals surface area contributed by atoms with Gasteiger partial charge in [-0.15, -0.1) is 0 Å². The number of rotatable bonds is 3. The van der Waals surface area contributed by atoms with Crippen LogP contribution in [-0.2, 0) is 0 Å². The summed E-state index contributed by atoms with van der Waals surface area (Å²) in [7, 11) is 2.24. The Labute approximate surface area is 98.2 Å². The molecule has 2 saturated heterocycles. The van der Waals surface area contributed by atoms with E-state index in [-0.39, 0.29) is 0 Å². The summed E-state index contributed by atoms with van der Waals surface area (Å²) in [5.41, 5.74) is 0. The number of hydrogen-bond donors (Lipinski definition) is 1. The molecular weight excluding hydrogens is 204 g/mol. The molecule has 0 aromatic heterocycles. The number of piperidine rings is 1. The summed E-state index contributed by atoms with van der Waals surface area (Å²) in [5.74, 6) is 1.39. The second-order valence-corrected chi connectivity index (χ2v) is 6.50. The molecule has 88 valence electrons. The fraction of sp³-hybridized carbons (Fsp3) is 1.00. The Morgan fingerprint density at radius 3 is 2.93 bits per heavy atom. The van der Waals surface area contributed by atoms with Gasteiger partial charge in [0, 0.05) is 23.9 Å². The zero-order valence-corrected chi connectivity index (χ0v) is 10.9. The average Bonchev–Trinajstić information content (AvgIpc) is 2.73. The third kappa shape index (κ3) is 3.36. The van der Waals surface area contributed by atoms with Gasteiger partial charge in [0.05, 0.1) is 0 Å². The smallest absolute Gasteiger partial charge is 0.0172 e. The fourth-order valence-electron chi connectivity index (χ4n) is 2.58. The molecule has 15 heavy (non-hydrogen) atoms. The molecule has 3 unspecified atom stereocenters. The van der Waals surface area contributed by atoms with Crippen molar-refractivity contribution in [1.82, 2.24) is 10.2 Å². The molecule has 0 bridgehead atoms. The van der Waals surface area contributed by atoms with Crippen molar-refractivity contribution in [3.63, 3.8) is 0 Å². The van der Waals surface area contributed by atoms with Gasteiger partial charge in [0.1, 0.15) is 0 Å². The molecule has 0 amide bonds. The second kappa shape index (κ2) is 5.55. The van der Waals surface area contributed by atoms with E-state index in [4.69, 9.17) is 0 Å². The zero-order chi connectivity index (χ0) is 10.7. The molecule has 2 fully saturated rings. The molecule has 2 rings (SSSR count). The van der Waals surface area contributed by atoms with Crippen LogP contribution >= 0.6 is 11.8 Å². The maximum absolute atomic E-state index is 3.77. The number of nitrogens with one attached hydrogen (secondary N) is 1. The van der Waals surface area contributed by atoms with E-state index in [1.165, 1.54) is 44.5 Å². The summed E-state index contributed by atoms with van der Waals surface area (Å²) in [6.45, 7) is 4.85. The van der Waals surface area contributed by atoms with Crippen molar-refractivity contribution < 1.29 is 0 Å². The second-order valence-electron chi connectivity index (χ2n) is 5.09. The van der Waals surface area contributed by atoms with Crippen LogP contribution in [0.15, 0.2) is 0 Å². The van der Waals surface area contributed by atoms with Crippen LogP contribution in [0, 0.1) is 0 Å².